The first-order valence-electron chi connectivity index (χ1n) is 7.32. The van der Waals surface area contributed by atoms with Crippen molar-refractivity contribution >= 4 is 17.6 Å². The van der Waals surface area contributed by atoms with E-state index in [2.05, 4.69) is 0 Å². The van der Waals surface area contributed by atoms with Crippen LogP contribution in [0.15, 0.2) is 36.4 Å². The fraction of sp³-hybridized carbons (Fsp3) is 0.211. The highest BCUT2D eigenvalue weighted by atomic mass is 16.5. The molecule has 1 N–H and O–H groups in total. The highest BCUT2D eigenvalue weighted by Crippen LogP contribution is 2.30. The molecule has 0 aliphatic heterocycles. The zero-order valence-electron chi connectivity index (χ0n) is 14.1. The molecular formula is C19H20O5. The van der Waals surface area contributed by atoms with Gasteiger partial charge in [-0.2, -0.15) is 0 Å². The molecule has 0 aromatic heterocycles. The summed E-state index contributed by atoms with van der Waals surface area (Å²) in [6.45, 7) is 1.87. The fourth-order valence-corrected chi connectivity index (χ4v) is 2.42. The molecule has 0 atom stereocenters. The van der Waals surface area contributed by atoms with Gasteiger partial charge in [0, 0.05) is 0 Å². The van der Waals surface area contributed by atoms with E-state index in [1.165, 1.54) is 7.11 Å². The van der Waals surface area contributed by atoms with Crippen LogP contribution in [0.2, 0.25) is 0 Å². The monoisotopic (exact) mass is 328 g/mol. The Kier molecular flexibility index (Phi) is 5.47. The fourth-order valence-electron chi connectivity index (χ4n) is 2.42. The van der Waals surface area contributed by atoms with Gasteiger partial charge in [-0.1, -0.05) is 12.1 Å². The van der Waals surface area contributed by atoms with E-state index in [4.69, 9.17) is 14.2 Å². The smallest absolute Gasteiger partial charge is 0.336 e. The van der Waals surface area contributed by atoms with Crippen molar-refractivity contribution in [2.45, 2.75) is 6.92 Å². The van der Waals surface area contributed by atoms with Crippen molar-refractivity contribution in [3.8, 4) is 17.2 Å². The first kappa shape index (κ1) is 17.4. The van der Waals surface area contributed by atoms with Crippen LogP contribution in [-0.2, 0) is 4.79 Å². The molecule has 0 radical (unpaired) electrons. The van der Waals surface area contributed by atoms with Gasteiger partial charge in [-0.25, -0.2) is 4.79 Å². The summed E-state index contributed by atoms with van der Waals surface area (Å²) in [5.74, 6) is 0.845. The number of carboxylic acids is 1. The summed E-state index contributed by atoms with van der Waals surface area (Å²) in [5.41, 5.74) is 2.37. The molecular weight excluding hydrogens is 308 g/mol. The van der Waals surface area contributed by atoms with E-state index in [9.17, 15) is 9.90 Å². The number of carboxylic acid groups (broad SMARTS) is 1. The number of aliphatic carboxylic acids is 1. The molecule has 5 heteroatoms. The number of carbonyl (C=O) groups is 1. The van der Waals surface area contributed by atoms with Crippen LogP contribution >= 0.6 is 0 Å². The molecule has 0 heterocycles. The van der Waals surface area contributed by atoms with Crippen LogP contribution in [0, 0.1) is 6.92 Å². The lowest BCUT2D eigenvalue weighted by atomic mass is 10.0. The maximum Gasteiger partial charge on any atom is 0.336 e. The van der Waals surface area contributed by atoms with Gasteiger partial charge in [0.05, 0.1) is 26.9 Å². The average Bonchev–Trinajstić information content (AvgIpc) is 2.59. The van der Waals surface area contributed by atoms with Gasteiger partial charge in [-0.3, -0.25) is 0 Å². The Balaban J connectivity index is 2.49. The lowest BCUT2D eigenvalue weighted by molar-refractivity contribution is -0.130. The number of methoxy groups -OCH3 is 3. The zero-order chi connectivity index (χ0) is 17.7. The minimum atomic E-state index is -1.01. The lowest BCUT2D eigenvalue weighted by Gasteiger charge is -2.10. The van der Waals surface area contributed by atoms with Gasteiger partial charge in [0.1, 0.15) is 5.75 Å². The molecule has 0 aliphatic carbocycles. The van der Waals surface area contributed by atoms with Gasteiger partial charge in [0.15, 0.2) is 11.5 Å². The molecule has 5 nitrogen and oxygen atoms in total. The van der Waals surface area contributed by atoms with Crippen LogP contribution < -0.4 is 14.2 Å². The zero-order valence-corrected chi connectivity index (χ0v) is 14.1. The van der Waals surface area contributed by atoms with Crippen LogP contribution in [-0.4, -0.2) is 32.4 Å². The van der Waals surface area contributed by atoms with E-state index in [1.807, 2.05) is 6.92 Å². The number of rotatable bonds is 6. The number of aryl methyl sites for hydroxylation is 1. The summed E-state index contributed by atoms with van der Waals surface area (Å²) in [4.78, 5) is 11.7. The predicted octanol–water partition coefficient (Wildman–Crippen LogP) is 3.65. The highest BCUT2D eigenvalue weighted by Gasteiger charge is 2.13. The normalized spacial score (nSPS) is 11.1. The lowest BCUT2D eigenvalue weighted by Crippen LogP contribution is -2.01. The first-order chi connectivity index (χ1) is 11.5. The van der Waals surface area contributed by atoms with Crippen LogP contribution in [0.3, 0.4) is 0 Å². The van der Waals surface area contributed by atoms with Crippen molar-refractivity contribution in [1.82, 2.24) is 0 Å². The molecule has 2 rings (SSSR count). The Bertz CT molecular complexity index is 777. The molecule has 0 aliphatic rings. The van der Waals surface area contributed by atoms with Crippen LogP contribution in [0.5, 0.6) is 17.2 Å². The van der Waals surface area contributed by atoms with Crippen molar-refractivity contribution in [1.29, 1.82) is 0 Å². The Hall–Kier alpha value is -2.95. The second-order valence-electron chi connectivity index (χ2n) is 5.16. The topological polar surface area (TPSA) is 65.0 Å². The van der Waals surface area contributed by atoms with E-state index in [0.717, 1.165) is 11.3 Å². The molecule has 0 spiro atoms. The van der Waals surface area contributed by atoms with Gasteiger partial charge in [-0.05, 0) is 54.0 Å². The molecule has 2 aromatic carbocycles. The van der Waals surface area contributed by atoms with Gasteiger partial charge in [-0.15, -0.1) is 0 Å². The average molecular weight is 328 g/mol. The van der Waals surface area contributed by atoms with E-state index in [0.29, 0.717) is 22.6 Å². The number of hydrogen-bond donors (Lipinski definition) is 1. The van der Waals surface area contributed by atoms with Crippen LogP contribution in [0.4, 0.5) is 0 Å². The van der Waals surface area contributed by atoms with E-state index >= 15 is 0 Å². The third kappa shape index (κ3) is 3.68. The van der Waals surface area contributed by atoms with Crippen molar-refractivity contribution in [2.24, 2.45) is 0 Å². The van der Waals surface area contributed by atoms with Crippen molar-refractivity contribution in [2.75, 3.05) is 21.3 Å². The summed E-state index contributed by atoms with van der Waals surface area (Å²) < 4.78 is 15.7. The Morgan fingerprint density at radius 3 is 2.08 bits per heavy atom. The maximum absolute atomic E-state index is 11.7. The minimum Gasteiger partial charge on any atom is -0.496 e. The van der Waals surface area contributed by atoms with Crippen LogP contribution in [0.25, 0.3) is 11.6 Å². The van der Waals surface area contributed by atoms with Crippen molar-refractivity contribution in [3.05, 3.63) is 53.1 Å². The Labute approximate surface area is 141 Å². The van der Waals surface area contributed by atoms with Gasteiger partial charge in [0.25, 0.3) is 0 Å². The Morgan fingerprint density at radius 1 is 0.917 bits per heavy atom. The summed E-state index contributed by atoms with van der Waals surface area (Å²) in [7, 11) is 4.67. The third-order valence-electron chi connectivity index (χ3n) is 3.65. The molecule has 0 saturated heterocycles. The first-order valence-corrected chi connectivity index (χ1v) is 7.32. The van der Waals surface area contributed by atoms with Crippen LogP contribution in [0.1, 0.15) is 16.7 Å². The Morgan fingerprint density at radius 2 is 1.54 bits per heavy atom. The van der Waals surface area contributed by atoms with Gasteiger partial charge in [0.2, 0.25) is 0 Å². The molecule has 0 saturated carbocycles. The maximum atomic E-state index is 11.7. The van der Waals surface area contributed by atoms with Crippen molar-refractivity contribution in [3.63, 3.8) is 0 Å². The van der Waals surface area contributed by atoms with E-state index in [-0.39, 0.29) is 5.57 Å². The summed E-state index contributed by atoms with van der Waals surface area (Å²) >= 11 is 0. The second-order valence-corrected chi connectivity index (χ2v) is 5.16. The van der Waals surface area contributed by atoms with E-state index in [1.54, 1.807) is 56.7 Å². The third-order valence-corrected chi connectivity index (χ3v) is 3.65. The summed E-state index contributed by atoms with van der Waals surface area (Å²) in [6, 6.07) is 10.5. The number of hydrogen-bond acceptors (Lipinski definition) is 4. The molecule has 126 valence electrons. The molecule has 0 fully saturated rings. The van der Waals surface area contributed by atoms with E-state index < -0.39 is 5.97 Å². The van der Waals surface area contributed by atoms with Crippen molar-refractivity contribution < 1.29 is 24.1 Å². The molecule has 0 amide bonds. The quantitative estimate of drug-likeness (QED) is 0.648. The largest absolute Gasteiger partial charge is 0.496 e. The molecule has 0 unspecified atom stereocenters. The SMILES string of the molecule is COc1ccc(/C(=C/c2ccc(OC)c(OC)c2)C(=O)O)cc1C. The molecule has 0 bridgehead atoms. The van der Waals surface area contributed by atoms with Gasteiger partial charge >= 0.3 is 5.97 Å². The van der Waals surface area contributed by atoms with Gasteiger partial charge < -0.3 is 19.3 Å². The summed E-state index contributed by atoms with van der Waals surface area (Å²) in [6.07, 6.45) is 1.60. The number of ether oxygens (including phenoxy) is 3. The second kappa shape index (κ2) is 7.55. The predicted molar refractivity (Wildman–Crippen MR) is 92.8 cm³/mol. The molecule has 2 aromatic rings. The minimum absolute atomic E-state index is 0.188. The highest BCUT2D eigenvalue weighted by molar-refractivity contribution is 6.20. The number of benzene rings is 2. The molecule has 24 heavy (non-hydrogen) atoms. The standard InChI is InChI=1S/C19H20O5/c1-12-9-14(6-8-16(12)22-2)15(19(20)21)10-13-5-7-17(23-3)18(11-13)24-4/h5-11H,1-4H3,(H,20,21)/b15-10-. The summed E-state index contributed by atoms with van der Waals surface area (Å²) in [5, 5.41) is 9.58.